The molecule has 1 amide bonds. The molecular weight excluding hydrogens is 430 g/mol. The lowest BCUT2D eigenvalue weighted by atomic mass is 10.1. The van der Waals surface area contributed by atoms with Crippen LogP contribution >= 0.6 is 0 Å². The van der Waals surface area contributed by atoms with E-state index in [0.717, 1.165) is 24.2 Å². The van der Waals surface area contributed by atoms with Crippen molar-refractivity contribution in [1.29, 1.82) is 0 Å². The summed E-state index contributed by atoms with van der Waals surface area (Å²) in [6.45, 7) is 2.43. The lowest BCUT2D eigenvalue weighted by molar-refractivity contribution is -0.136. The van der Waals surface area contributed by atoms with E-state index in [9.17, 15) is 18.0 Å². The van der Waals surface area contributed by atoms with Crippen LogP contribution in [0.25, 0.3) is 0 Å². The quantitative estimate of drug-likeness (QED) is 0.507. The van der Waals surface area contributed by atoms with Crippen LogP contribution in [0.1, 0.15) is 42.1 Å². The number of para-hydroxylation sites is 1. The maximum Gasteiger partial charge on any atom is 0.338 e. The van der Waals surface area contributed by atoms with Gasteiger partial charge >= 0.3 is 5.97 Å². The summed E-state index contributed by atoms with van der Waals surface area (Å²) >= 11 is 0. The summed E-state index contributed by atoms with van der Waals surface area (Å²) < 4.78 is 34.5. The first kappa shape index (κ1) is 23.8. The molecule has 1 fully saturated rings. The van der Waals surface area contributed by atoms with Crippen LogP contribution in [-0.4, -0.2) is 55.9 Å². The molecule has 2 aromatic carbocycles. The summed E-state index contributed by atoms with van der Waals surface area (Å²) in [6.07, 6.45) is 2.07. The summed E-state index contributed by atoms with van der Waals surface area (Å²) in [6, 6.07) is 15.9. The van der Waals surface area contributed by atoms with Gasteiger partial charge in [-0.15, -0.1) is 0 Å². The molecule has 0 aromatic heterocycles. The number of carbonyl (C=O) groups is 2. The van der Waals surface area contributed by atoms with E-state index in [1.165, 1.54) is 0 Å². The number of nitrogens with zero attached hydrogens (tertiary/aromatic N) is 1. The molecule has 1 heterocycles. The fraction of sp³-hybridized carbons (Fsp3) is 0.417. The van der Waals surface area contributed by atoms with E-state index in [-0.39, 0.29) is 23.5 Å². The normalized spacial score (nSPS) is 17.0. The van der Waals surface area contributed by atoms with Gasteiger partial charge in [-0.3, -0.25) is 4.79 Å². The molecule has 0 spiro atoms. The predicted molar refractivity (Wildman–Crippen MR) is 121 cm³/mol. The van der Waals surface area contributed by atoms with Crippen molar-refractivity contribution in [2.24, 2.45) is 0 Å². The topological polar surface area (TPSA) is 90.0 Å². The molecule has 1 aliphatic rings. The lowest BCUT2D eigenvalue weighted by Crippen LogP contribution is -2.43. The molecule has 0 bridgehead atoms. The van der Waals surface area contributed by atoms with Crippen molar-refractivity contribution in [3.05, 3.63) is 65.7 Å². The molecule has 3 rings (SSSR count). The van der Waals surface area contributed by atoms with Crippen LogP contribution in [0, 0.1) is 0 Å². The Kier molecular flexibility index (Phi) is 8.27. The number of rotatable bonds is 10. The summed E-state index contributed by atoms with van der Waals surface area (Å²) in [5, 5.41) is 0. The van der Waals surface area contributed by atoms with Crippen molar-refractivity contribution in [2.75, 3.05) is 24.7 Å². The van der Waals surface area contributed by atoms with Crippen molar-refractivity contribution in [3.8, 4) is 5.75 Å². The molecular formula is C24H29NO6S. The minimum atomic E-state index is -3.11. The molecule has 1 unspecified atom stereocenters. The second-order valence-electron chi connectivity index (χ2n) is 7.87. The SMILES string of the molecule is CCCCN(C(=O)COC(=O)c1ccc(COc2ccccc2)cc1)C1CCS(=O)(=O)C1. The number of unbranched alkanes of at least 4 members (excludes halogenated alkanes) is 1. The molecule has 2 aromatic rings. The molecule has 7 nitrogen and oxygen atoms in total. The van der Waals surface area contributed by atoms with Gasteiger partial charge in [-0.05, 0) is 42.7 Å². The Bertz CT molecular complexity index is 1000. The van der Waals surface area contributed by atoms with Gasteiger partial charge in [0.2, 0.25) is 0 Å². The Labute approximate surface area is 189 Å². The van der Waals surface area contributed by atoms with E-state index in [0.29, 0.717) is 25.1 Å². The lowest BCUT2D eigenvalue weighted by Gasteiger charge is -2.28. The average Bonchev–Trinajstić information content (AvgIpc) is 3.16. The molecule has 0 saturated carbocycles. The molecule has 1 saturated heterocycles. The van der Waals surface area contributed by atoms with Crippen molar-refractivity contribution in [1.82, 2.24) is 4.90 Å². The van der Waals surface area contributed by atoms with Crippen LogP contribution in [-0.2, 0) is 26.0 Å². The second-order valence-corrected chi connectivity index (χ2v) is 10.1. The van der Waals surface area contributed by atoms with Gasteiger partial charge < -0.3 is 14.4 Å². The Morgan fingerprint density at radius 3 is 2.41 bits per heavy atom. The molecule has 0 radical (unpaired) electrons. The summed E-state index contributed by atoms with van der Waals surface area (Å²) in [7, 11) is -3.11. The third-order valence-electron chi connectivity index (χ3n) is 5.39. The van der Waals surface area contributed by atoms with Crippen LogP contribution in [0.2, 0.25) is 0 Å². The third kappa shape index (κ3) is 6.82. The number of esters is 1. The fourth-order valence-electron chi connectivity index (χ4n) is 3.57. The summed E-state index contributed by atoms with van der Waals surface area (Å²) in [5.41, 5.74) is 1.24. The minimum absolute atomic E-state index is 0.0249. The van der Waals surface area contributed by atoms with Gasteiger partial charge in [0.1, 0.15) is 12.4 Å². The molecule has 0 N–H and O–H groups in total. The monoisotopic (exact) mass is 459 g/mol. The van der Waals surface area contributed by atoms with Gasteiger partial charge in [0.05, 0.1) is 17.1 Å². The van der Waals surface area contributed by atoms with Gasteiger partial charge in [0.15, 0.2) is 16.4 Å². The van der Waals surface area contributed by atoms with Crippen LogP contribution in [0.5, 0.6) is 5.75 Å². The third-order valence-corrected chi connectivity index (χ3v) is 7.14. The Balaban J connectivity index is 1.52. The van der Waals surface area contributed by atoms with E-state index < -0.39 is 22.4 Å². The maximum absolute atomic E-state index is 12.7. The van der Waals surface area contributed by atoms with Gasteiger partial charge in [-0.2, -0.15) is 0 Å². The molecule has 172 valence electrons. The standard InChI is InChI=1S/C24H29NO6S/c1-2-3-14-25(21-13-15-32(28,29)18-21)23(26)17-31-24(27)20-11-9-19(10-12-20)16-30-22-7-5-4-6-8-22/h4-12,21H,2-3,13-18H2,1H3. The van der Waals surface area contributed by atoms with E-state index in [2.05, 4.69) is 0 Å². The van der Waals surface area contributed by atoms with Crippen molar-refractivity contribution < 1.29 is 27.5 Å². The predicted octanol–water partition coefficient (Wildman–Crippen LogP) is 3.24. The first-order chi connectivity index (χ1) is 15.4. The number of hydrogen-bond donors (Lipinski definition) is 0. The summed E-state index contributed by atoms with van der Waals surface area (Å²) in [4.78, 5) is 26.6. The van der Waals surface area contributed by atoms with Gasteiger partial charge in [-0.1, -0.05) is 43.7 Å². The molecule has 8 heteroatoms. The number of hydrogen-bond acceptors (Lipinski definition) is 6. The van der Waals surface area contributed by atoms with Crippen LogP contribution in [0.15, 0.2) is 54.6 Å². The zero-order chi connectivity index (χ0) is 23.0. The van der Waals surface area contributed by atoms with Crippen LogP contribution in [0.3, 0.4) is 0 Å². The number of ether oxygens (including phenoxy) is 2. The van der Waals surface area contributed by atoms with E-state index in [4.69, 9.17) is 9.47 Å². The van der Waals surface area contributed by atoms with Crippen molar-refractivity contribution in [2.45, 2.75) is 38.8 Å². The highest BCUT2D eigenvalue weighted by atomic mass is 32.2. The first-order valence-corrected chi connectivity index (χ1v) is 12.6. The number of carbonyl (C=O) groups excluding carboxylic acids is 2. The molecule has 1 aliphatic heterocycles. The minimum Gasteiger partial charge on any atom is -0.489 e. The zero-order valence-corrected chi connectivity index (χ0v) is 19.1. The van der Waals surface area contributed by atoms with E-state index in [1.54, 1.807) is 29.2 Å². The number of amides is 1. The molecule has 32 heavy (non-hydrogen) atoms. The Morgan fingerprint density at radius 2 is 1.78 bits per heavy atom. The average molecular weight is 460 g/mol. The summed E-state index contributed by atoms with van der Waals surface area (Å²) in [5.74, 6) is -0.126. The smallest absolute Gasteiger partial charge is 0.338 e. The van der Waals surface area contributed by atoms with Gasteiger partial charge in [-0.25, -0.2) is 13.2 Å². The van der Waals surface area contributed by atoms with Crippen molar-refractivity contribution in [3.63, 3.8) is 0 Å². The molecule has 1 atom stereocenters. The van der Waals surface area contributed by atoms with Crippen molar-refractivity contribution >= 4 is 21.7 Å². The Morgan fingerprint density at radius 1 is 1.06 bits per heavy atom. The fourth-order valence-corrected chi connectivity index (χ4v) is 5.31. The Hall–Kier alpha value is -2.87. The highest BCUT2D eigenvalue weighted by Gasteiger charge is 2.34. The second kappa shape index (κ2) is 11.1. The van der Waals surface area contributed by atoms with Gasteiger partial charge in [0.25, 0.3) is 5.91 Å². The maximum atomic E-state index is 12.7. The molecule has 0 aliphatic carbocycles. The number of benzene rings is 2. The highest BCUT2D eigenvalue weighted by molar-refractivity contribution is 7.91. The van der Waals surface area contributed by atoms with E-state index in [1.807, 2.05) is 37.3 Å². The van der Waals surface area contributed by atoms with E-state index >= 15 is 0 Å². The van der Waals surface area contributed by atoms with Crippen LogP contribution in [0.4, 0.5) is 0 Å². The van der Waals surface area contributed by atoms with Crippen LogP contribution < -0.4 is 4.74 Å². The number of sulfone groups is 1. The zero-order valence-electron chi connectivity index (χ0n) is 18.2. The highest BCUT2D eigenvalue weighted by Crippen LogP contribution is 2.19. The van der Waals surface area contributed by atoms with Gasteiger partial charge in [0, 0.05) is 12.6 Å². The largest absolute Gasteiger partial charge is 0.489 e. The first-order valence-electron chi connectivity index (χ1n) is 10.8.